The highest BCUT2D eigenvalue weighted by atomic mass is 32.2. The van der Waals surface area contributed by atoms with Gasteiger partial charge in [0.15, 0.2) is 0 Å². The Morgan fingerprint density at radius 3 is 2.03 bits per heavy atom. The van der Waals surface area contributed by atoms with Crippen LogP contribution in [0.25, 0.3) is 0 Å². The van der Waals surface area contributed by atoms with Crippen LogP contribution in [0.2, 0.25) is 0 Å². The molecule has 0 spiro atoms. The zero-order valence-corrected chi connectivity index (χ0v) is 19.3. The summed E-state index contributed by atoms with van der Waals surface area (Å²) < 4.78 is 10.6. The molecule has 0 atom stereocenters. The number of amides is 2. The van der Waals surface area contributed by atoms with Crippen molar-refractivity contribution < 1.29 is 19.1 Å². The number of carbonyl (C=O) groups excluding carboxylic acids is 2. The fourth-order valence-electron chi connectivity index (χ4n) is 3.07. The van der Waals surface area contributed by atoms with Crippen LogP contribution in [0.15, 0.2) is 65.6 Å². The van der Waals surface area contributed by atoms with E-state index in [1.165, 1.54) is 31.5 Å². The molecule has 0 aliphatic heterocycles. The van der Waals surface area contributed by atoms with Crippen LogP contribution in [-0.4, -0.2) is 31.8 Å². The van der Waals surface area contributed by atoms with E-state index in [4.69, 9.17) is 9.47 Å². The lowest BCUT2D eigenvalue weighted by molar-refractivity contribution is -0.113. The predicted octanol–water partition coefficient (Wildman–Crippen LogP) is 5.30. The number of methoxy groups -OCH3 is 2. The van der Waals surface area contributed by atoms with Crippen molar-refractivity contribution in [1.29, 1.82) is 0 Å². The Balaban J connectivity index is 1.58. The van der Waals surface area contributed by atoms with Crippen molar-refractivity contribution in [3.63, 3.8) is 0 Å². The first kappa shape index (κ1) is 23.2. The Hall–Kier alpha value is -3.45. The van der Waals surface area contributed by atoms with Gasteiger partial charge in [-0.05, 0) is 73.5 Å². The molecule has 166 valence electrons. The Labute approximate surface area is 192 Å². The number of hydrogen-bond acceptors (Lipinski definition) is 5. The van der Waals surface area contributed by atoms with Crippen LogP contribution < -0.4 is 20.1 Å². The Morgan fingerprint density at radius 1 is 0.812 bits per heavy atom. The van der Waals surface area contributed by atoms with Gasteiger partial charge in [-0.3, -0.25) is 9.59 Å². The van der Waals surface area contributed by atoms with E-state index in [1.807, 2.05) is 44.2 Å². The number of ether oxygens (including phenoxy) is 2. The molecule has 3 aromatic rings. The summed E-state index contributed by atoms with van der Waals surface area (Å²) in [5, 5.41) is 5.77. The Morgan fingerprint density at radius 2 is 1.44 bits per heavy atom. The maximum Gasteiger partial charge on any atom is 0.263 e. The average molecular weight is 451 g/mol. The maximum atomic E-state index is 12.8. The van der Waals surface area contributed by atoms with Crippen molar-refractivity contribution >= 4 is 35.0 Å². The molecule has 0 aliphatic rings. The van der Waals surface area contributed by atoms with Crippen LogP contribution >= 0.6 is 11.8 Å². The van der Waals surface area contributed by atoms with Gasteiger partial charge in [0.1, 0.15) is 17.1 Å². The molecule has 6 nitrogen and oxygen atoms in total. The van der Waals surface area contributed by atoms with Gasteiger partial charge in [-0.25, -0.2) is 0 Å². The van der Waals surface area contributed by atoms with E-state index in [1.54, 1.807) is 30.3 Å². The molecule has 0 saturated carbocycles. The monoisotopic (exact) mass is 450 g/mol. The minimum absolute atomic E-state index is 0.0705. The summed E-state index contributed by atoms with van der Waals surface area (Å²) in [6.07, 6.45) is 0. The van der Waals surface area contributed by atoms with Crippen molar-refractivity contribution in [1.82, 2.24) is 0 Å². The second kappa shape index (κ2) is 10.7. The number of anilines is 2. The molecular weight excluding hydrogens is 424 g/mol. The summed E-state index contributed by atoms with van der Waals surface area (Å²) in [5.41, 5.74) is 4.09. The van der Waals surface area contributed by atoms with Crippen LogP contribution in [0.5, 0.6) is 11.5 Å². The first-order valence-corrected chi connectivity index (χ1v) is 11.0. The molecule has 2 amide bonds. The van der Waals surface area contributed by atoms with Crippen molar-refractivity contribution in [2.24, 2.45) is 0 Å². The summed E-state index contributed by atoms with van der Waals surface area (Å²) in [4.78, 5) is 25.9. The highest BCUT2D eigenvalue weighted by molar-refractivity contribution is 8.00. The molecule has 0 heterocycles. The minimum atomic E-state index is -0.326. The lowest BCUT2D eigenvalue weighted by atomic mass is 10.1. The van der Waals surface area contributed by atoms with E-state index in [-0.39, 0.29) is 17.6 Å². The van der Waals surface area contributed by atoms with Gasteiger partial charge in [-0.15, -0.1) is 11.8 Å². The fraction of sp³-hybridized carbons (Fsp3) is 0.200. The first-order chi connectivity index (χ1) is 15.4. The number of hydrogen-bond donors (Lipinski definition) is 2. The molecule has 0 fully saturated rings. The number of rotatable bonds is 8. The molecule has 0 aliphatic carbocycles. The zero-order chi connectivity index (χ0) is 23.1. The third-order valence-electron chi connectivity index (χ3n) is 4.93. The first-order valence-electron chi connectivity index (χ1n) is 10.0. The lowest BCUT2D eigenvalue weighted by Crippen LogP contribution is -2.15. The summed E-state index contributed by atoms with van der Waals surface area (Å²) in [5.74, 6) is 0.760. The van der Waals surface area contributed by atoms with Crippen molar-refractivity contribution in [2.45, 2.75) is 18.7 Å². The lowest BCUT2D eigenvalue weighted by Gasteiger charge is -2.13. The summed E-state index contributed by atoms with van der Waals surface area (Å²) in [7, 11) is 3.02. The Bertz CT molecular complexity index is 1090. The molecular formula is C25H26N2O4S. The summed E-state index contributed by atoms with van der Waals surface area (Å²) >= 11 is 1.43. The topological polar surface area (TPSA) is 76.7 Å². The quantitative estimate of drug-likeness (QED) is 0.455. The zero-order valence-electron chi connectivity index (χ0n) is 18.5. The van der Waals surface area contributed by atoms with Crippen molar-refractivity contribution in [3.05, 3.63) is 77.4 Å². The third-order valence-corrected chi connectivity index (χ3v) is 5.94. The molecule has 7 heteroatoms. The Kier molecular flexibility index (Phi) is 7.78. The summed E-state index contributed by atoms with van der Waals surface area (Å²) in [6.45, 7) is 4.06. The van der Waals surface area contributed by atoms with Gasteiger partial charge < -0.3 is 20.1 Å². The van der Waals surface area contributed by atoms with E-state index < -0.39 is 0 Å². The molecule has 0 aromatic heterocycles. The van der Waals surface area contributed by atoms with Gasteiger partial charge in [-0.2, -0.15) is 0 Å². The normalized spacial score (nSPS) is 10.4. The van der Waals surface area contributed by atoms with Crippen LogP contribution in [0, 0.1) is 13.8 Å². The van der Waals surface area contributed by atoms with E-state index in [2.05, 4.69) is 10.6 Å². The maximum absolute atomic E-state index is 12.8. The van der Waals surface area contributed by atoms with E-state index in [0.29, 0.717) is 22.7 Å². The molecule has 32 heavy (non-hydrogen) atoms. The molecule has 0 unspecified atom stereocenters. The molecule has 3 rings (SSSR count). The van der Waals surface area contributed by atoms with Crippen LogP contribution in [0.4, 0.5) is 11.4 Å². The highest BCUT2D eigenvalue weighted by Gasteiger charge is 2.18. The van der Waals surface area contributed by atoms with Gasteiger partial charge in [0.25, 0.3) is 5.91 Å². The van der Waals surface area contributed by atoms with Crippen LogP contribution in [-0.2, 0) is 4.79 Å². The number of carbonyl (C=O) groups is 2. The standard InChI is InChI=1S/C25H26N2O4S/c1-16-8-9-19(14-17(16)2)26-23(28)15-32-20-12-10-18(11-13-20)27-25(29)24-21(30-3)6-5-7-22(24)31-4/h5-14H,15H2,1-4H3,(H,26,28)(H,27,29). The van der Waals surface area contributed by atoms with E-state index in [0.717, 1.165) is 16.1 Å². The van der Waals surface area contributed by atoms with Crippen molar-refractivity contribution in [3.8, 4) is 11.5 Å². The summed E-state index contributed by atoms with van der Waals surface area (Å²) in [6, 6.07) is 18.4. The van der Waals surface area contributed by atoms with Gasteiger partial charge in [0.2, 0.25) is 5.91 Å². The van der Waals surface area contributed by atoms with Gasteiger partial charge >= 0.3 is 0 Å². The van der Waals surface area contributed by atoms with Gasteiger partial charge in [0.05, 0.1) is 20.0 Å². The molecule has 2 N–H and O–H groups in total. The third kappa shape index (κ3) is 5.82. The number of thioether (sulfide) groups is 1. The largest absolute Gasteiger partial charge is 0.496 e. The van der Waals surface area contributed by atoms with Crippen LogP contribution in [0.3, 0.4) is 0 Å². The van der Waals surface area contributed by atoms with Crippen molar-refractivity contribution in [2.75, 3.05) is 30.6 Å². The minimum Gasteiger partial charge on any atom is -0.496 e. The number of benzene rings is 3. The molecule has 0 radical (unpaired) electrons. The second-order valence-corrected chi connectivity index (χ2v) is 8.20. The average Bonchev–Trinajstić information content (AvgIpc) is 2.80. The molecule has 3 aromatic carbocycles. The van der Waals surface area contributed by atoms with E-state index >= 15 is 0 Å². The number of nitrogens with one attached hydrogen (secondary N) is 2. The van der Waals surface area contributed by atoms with Gasteiger partial charge in [-0.1, -0.05) is 12.1 Å². The number of aryl methyl sites for hydroxylation is 2. The fourth-order valence-corrected chi connectivity index (χ4v) is 3.77. The molecule has 0 bridgehead atoms. The van der Waals surface area contributed by atoms with Crippen LogP contribution in [0.1, 0.15) is 21.5 Å². The van der Waals surface area contributed by atoms with Gasteiger partial charge in [0, 0.05) is 16.3 Å². The predicted molar refractivity (Wildman–Crippen MR) is 129 cm³/mol. The second-order valence-electron chi connectivity index (χ2n) is 7.15. The highest BCUT2D eigenvalue weighted by Crippen LogP contribution is 2.29. The SMILES string of the molecule is COc1cccc(OC)c1C(=O)Nc1ccc(SCC(=O)Nc2ccc(C)c(C)c2)cc1. The molecule has 0 saturated heterocycles. The van der Waals surface area contributed by atoms with E-state index in [9.17, 15) is 9.59 Å². The smallest absolute Gasteiger partial charge is 0.263 e.